The minimum atomic E-state index is -0.490. The fourth-order valence-electron chi connectivity index (χ4n) is 1.73. The standard InChI is InChI=1S/C15H23AsN2O2/c1-5-6-7-8-9-10-12-11-18(13(16)17-12)14(19)20-15(2,3)4/h1,11H,6-10,16H2,2-4H3. The van der Waals surface area contributed by atoms with Crippen LogP contribution in [0.4, 0.5) is 4.79 Å². The van der Waals surface area contributed by atoms with Gasteiger partial charge in [-0.15, -0.1) is 0 Å². The molecule has 1 heterocycles. The average Bonchev–Trinajstić information content (AvgIpc) is 2.68. The summed E-state index contributed by atoms with van der Waals surface area (Å²) >= 11 is 1.32. The number of terminal acetylenes is 1. The summed E-state index contributed by atoms with van der Waals surface area (Å²) in [4.78, 5) is 16.4. The number of nitrogens with zero attached hydrogens (tertiary/aromatic N) is 2. The number of carbonyl (C=O) groups is 1. The number of rotatable bonds is 5. The van der Waals surface area contributed by atoms with Crippen LogP contribution in [0.15, 0.2) is 6.20 Å². The van der Waals surface area contributed by atoms with Gasteiger partial charge in [-0.25, -0.2) is 0 Å². The van der Waals surface area contributed by atoms with Crippen LogP contribution in [0.3, 0.4) is 0 Å². The number of unbranched alkanes of at least 4 members (excludes halogenated alkanes) is 3. The molecule has 0 bridgehead atoms. The first-order valence-electron chi connectivity index (χ1n) is 6.84. The summed E-state index contributed by atoms with van der Waals surface area (Å²) in [5.74, 6) is 2.64. The number of hydrogen-bond acceptors (Lipinski definition) is 3. The van der Waals surface area contributed by atoms with Gasteiger partial charge in [-0.2, -0.15) is 0 Å². The fraction of sp³-hybridized carbons (Fsp3) is 0.600. The van der Waals surface area contributed by atoms with E-state index in [4.69, 9.17) is 11.2 Å². The van der Waals surface area contributed by atoms with Crippen molar-refractivity contribution in [1.82, 2.24) is 9.55 Å². The Morgan fingerprint density at radius 1 is 1.45 bits per heavy atom. The van der Waals surface area contributed by atoms with E-state index in [0.29, 0.717) is 0 Å². The predicted molar refractivity (Wildman–Crippen MR) is 83.0 cm³/mol. The molecule has 0 saturated carbocycles. The van der Waals surface area contributed by atoms with E-state index >= 15 is 0 Å². The van der Waals surface area contributed by atoms with Gasteiger partial charge in [0, 0.05) is 0 Å². The molecule has 0 spiro atoms. The van der Waals surface area contributed by atoms with Crippen molar-refractivity contribution in [2.24, 2.45) is 0 Å². The molecule has 110 valence electrons. The quantitative estimate of drug-likeness (QED) is 0.466. The topological polar surface area (TPSA) is 44.1 Å². The monoisotopic (exact) mass is 338 g/mol. The molecule has 1 atom stereocenters. The molecule has 0 aliphatic carbocycles. The van der Waals surface area contributed by atoms with Gasteiger partial charge in [0.2, 0.25) is 0 Å². The van der Waals surface area contributed by atoms with E-state index in [0.717, 1.165) is 42.4 Å². The van der Waals surface area contributed by atoms with Gasteiger partial charge in [-0.05, 0) is 0 Å². The van der Waals surface area contributed by atoms with Crippen LogP contribution in [0.5, 0.6) is 0 Å². The maximum atomic E-state index is 12.0. The molecular formula is C15H23AsN2O2. The van der Waals surface area contributed by atoms with Gasteiger partial charge in [0.1, 0.15) is 0 Å². The van der Waals surface area contributed by atoms with Crippen molar-refractivity contribution in [1.29, 1.82) is 0 Å². The van der Waals surface area contributed by atoms with E-state index in [9.17, 15) is 4.79 Å². The molecule has 4 nitrogen and oxygen atoms in total. The molecule has 5 heteroatoms. The van der Waals surface area contributed by atoms with Crippen LogP contribution < -0.4 is 4.61 Å². The van der Waals surface area contributed by atoms with E-state index < -0.39 is 5.60 Å². The fourth-order valence-corrected chi connectivity index (χ4v) is 2.46. The summed E-state index contributed by atoms with van der Waals surface area (Å²) in [5, 5.41) is 0. The van der Waals surface area contributed by atoms with E-state index in [1.807, 2.05) is 20.8 Å². The second-order valence-electron chi connectivity index (χ2n) is 5.71. The second-order valence-corrected chi connectivity index (χ2v) is 6.79. The van der Waals surface area contributed by atoms with Crippen molar-refractivity contribution >= 4 is 27.6 Å². The van der Waals surface area contributed by atoms with Crippen LogP contribution in [0.25, 0.3) is 0 Å². The summed E-state index contributed by atoms with van der Waals surface area (Å²) in [7, 11) is 0. The van der Waals surface area contributed by atoms with Crippen LogP contribution in [0, 0.1) is 12.3 Å². The zero-order chi connectivity index (χ0) is 15.2. The molecule has 0 saturated heterocycles. The first kappa shape index (κ1) is 16.9. The summed E-state index contributed by atoms with van der Waals surface area (Å²) in [6.07, 6.45) is 11.5. The van der Waals surface area contributed by atoms with E-state index in [1.165, 1.54) is 21.4 Å². The van der Waals surface area contributed by atoms with Crippen LogP contribution in [0.1, 0.15) is 52.1 Å². The van der Waals surface area contributed by atoms with Gasteiger partial charge in [0.05, 0.1) is 0 Å². The normalized spacial score (nSPS) is 11.2. The third kappa shape index (κ3) is 5.84. The third-order valence-electron chi connectivity index (χ3n) is 2.63. The molecular weight excluding hydrogens is 315 g/mol. The van der Waals surface area contributed by atoms with Crippen molar-refractivity contribution in [2.75, 3.05) is 0 Å². The summed E-state index contributed by atoms with van der Waals surface area (Å²) in [5.41, 5.74) is 0.451. The van der Waals surface area contributed by atoms with Gasteiger partial charge >= 0.3 is 129 Å². The number of hydrogen-bond donors (Lipinski definition) is 0. The van der Waals surface area contributed by atoms with Crippen molar-refractivity contribution in [3.05, 3.63) is 11.9 Å². The van der Waals surface area contributed by atoms with Crippen LogP contribution in [-0.2, 0) is 11.2 Å². The molecule has 0 radical (unpaired) electrons. The molecule has 1 aromatic heterocycles. The molecule has 20 heavy (non-hydrogen) atoms. The average molecular weight is 338 g/mol. The molecule has 0 N–H and O–H groups in total. The molecule has 0 aliphatic heterocycles. The number of ether oxygens (including phenoxy) is 1. The van der Waals surface area contributed by atoms with Gasteiger partial charge in [0.25, 0.3) is 0 Å². The zero-order valence-electron chi connectivity index (χ0n) is 12.5. The maximum absolute atomic E-state index is 12.0. The summed E-state index contributed by atoms with van der Waals surface area (Å²) < 4.78 is 7.58. The molecule has 0 fully saturated rings. The first-order chi connectivity index (χ1) is 9.33. The van der Waals surface area contributed by atoms with Crippen molar-refractivity contribution < 1.29 is 9.53 Å². The Balaban J connectivity index is 2.55. The Hall–Kier alpha value is -1.20. The Bertz CT molecular complexity index is 495. The van der Waals surface area contributed by atoms with Crippen molar-refractivity contribution in [3.8, 4) is 12.3 Å². The second kappa shape index (κ2) is 7.55. The van der Waals surface area contributed by atoms with Crippen molar-refractivity contribution in [3.63, 3.8) is 0 Å². The summed E-state index contributed by atoms with van der Waals surface area (Å²) in [6, 6.07) is 0. The van der Waals surface area contributed by atoms with Crippen LogP contribution >= 0.6 is 0 Å². The minimum absolute atomic E-state index is 0.358. The third-order valence-corrected chi connectivity index (χ3v) is 3.48. The molecule has 0 aromatic carbocycles. The molecule has 1 aromatic rings. The summed E-state index contributed by atoms with van der Waals surface area (Å²) in [6.45, 7) is 5.57. The van der Waals surface area contributed by atoms with Crippen LogP contribution in [0.2, 0.25) is 0 Å². The Labute approximate surface area is 129 Å². The Morgan fingerprint density at radius 3 is 2.75 bits per heavy atom. The molecule has 1 rings (SSSR count). The predicted octanol–water partition coefficient (Wildman–Crippen LogP) is 1.66. The first-order valence-corrected chi connectivity index (χ1v) is 8.05. The van der Waals surface area contributed by atoms with Crippen molar-refractivity contribution in [2.45, 2.75) is 58.5 Å². The Morgan fingerprint density at radius 2 is 2.15 bits per heavy atom. The van der Waals surface area contributed by atoms with Gasteiger partial charge in [-0.1, -0.05) is 0 Å². The molecule has 0 amide bonds. The van der Waals surface area contributed by atoms with Gasteiger partial charge in [-0.3, -0.25) is 0 Å². The number of imidazole rings is 1. The molecule has 0 aliphatic rings. The Kier molecular flexibility index (Phi) is 6.36. The van der Waals surface area contributed by atoms with Gasteiger partial charge < -0.3 is 0 Å². The SMILES string of the molecule is C#CCCCCCc1cn(C(=O)OC(C)(C)C)c([AsH2])n1. The number of aryl methyl sites for hydroxylation is 1. The van der Waals surface area contributed by atoms with E-state index in [-0.39, 0.29) is 6.09 Å². The van der Waals surface area contributed by atoms with Gasteiger partial charge in [0.15, 0.2) is 0 Å². The molecule has 1 unspecified atom stereocenters. The van der Waals surface area contributed by atoms with E-state index in [2.05, 4.69) is 10.9 Å². The zero-order valence-corrected chi connectivity index (χ0v) is 14.9. The van der Waals surface area contributed by atoms with Crippen LogP contribution in [-0.4, -0.2) is 38.1 Å². The number of aromatic nitrogens is 2. The number of carbonyl (C=O) groups excluding carboxylic acids is 1. The van der Waals surface area contributed by atoms with E-state index in [1.54, 1.807) is 6.20 Å².